The van der Waals surface area contributed by atoms with E-state index in [1.165, 1.54) is 0 Å². The van der Waals surface area contributed by atoms with Crippen molar-refractivity contribution in [3.8, 4) is 6.07 Å². The van der Waals surface area contributed by atoms with Crippen molar-refractivity contribution >= 4 is 27.3 Å². The van der Waals surface area contributed by atoms with Crippen molar-refractivity contribution in [1.29, 1.82) is 5.26 Å². The van der Waals surface area contributed by atoms with Gasteiger partial charge in [-0.05, 0) is 33.6 Å². The van der Waals surface area contributed by atoms with Gasteiger partial charge in [0.1, 0.15) is 11.5 Å². The van der Waals surface area contributed by atoms with Gasteiger partial charge in [-0.25, -0.2) is 4.39 Å². The van der Waals surface area contributed by atoms with Gasteiger partial charge in [-0.2, -0.15) is 5.26 Å². The van der Waals surface area contributed by atoms with E-state index in [2.05, 4.69) is 21.2 Å². The number of halogens is 2. The number of nitro groups is 1. The quantitative estimate of drug-likeness (QED) is 0.668. The van der Waals surface area contributed by atoms with E-state index in [0.717, 1.165) is 17.7 Å². The minimum atomic E-state index is -0.589. The van der Waals surface area contributed by atoms with Gasteiger partial charge < -0.3 is 5.32 Å². The highest BCUT2D eigenvalue weighted by Crippen LogP contribution is 2.30. The molecular weight excluding hydrogens is 341 g/mol. The normalized spacial score (nSPS) is 9.95. The molecule has 106 valence electrons. The summed E-state index contributed by atoms with van der Waals surface area (Å²) in [5.41, 5.74) is 1.13. The summed E-state index contributed by atoms with van der Waals surface area (Å²) in [5.74, 6) is -0.589. The zero-order chi connectivity index (χ0) is 15.4. The van der Waals surface area contributed by atoms with Crippen LogP contribution in [0, 0.1) is 27.3 Å². The van der Waals surface area contributed by atoms with Crippen LogP contribution in [0.5, 0.6) is 0 Å². The Kier molecular flexibility index (Phi) is 4.50. The number of nitriles is 1. The smallest absolute Gasteiger partial charge is 0.293 e. The fourth-order valence-corrected chi connectivity index (χ4v) is 2.11. The van der Waals surface area contributed by atoms with Crippen LogP contribution in [0.1, 0.15) is 11.1 Å². The van der Waals surface area contributed by atoms with E-state index in [-0.39, 0.29) is 22.4 Å². The Hall–Kier alpha value is -2.46. The number of benzene rings is 2. The van der Waals surface area contributed by atoms with Gasteiger partial charge in [0.05, 0.1) is 21.0 Å². The number of hydrogen-bond acceptors (Lipinski definition) is 4. The fourth-order valence-electron chi connectivity index (χ4n) is 1.78. The van der Waals surface area contributed by atoms with Crippen molar-refractivity contribution in [3.05, 3.63) is 67.9 Å². The Morgan fingerprint density at radius 1 is 1.38 bits per heavy atom. The molecule has 0 heterocycles. The molecule has 0 aliphatic heterocycles. The van der Waals surface area contributed by atoms with Crippen molar-refractivity contribution in [2.75, 3.05) is 5.32 Å². The molecule has 0 aliphatic carbocycles. The number of hydrogen-bond donors (Lipinski definition) is 1. The third kappa shape index (κ3) is 3.55. The van der Waals surface area contributed by atoms with E-state index >= 15 is 0 Å². The first-order valence-corrected chi connectivity index (χ1v) is 6.67. The third-order valence-corrected chi connectivity index (χ3v) is 3.38. The van der Waals surface area contributed by atoms with Crippen LogP contribution in [0.4, 0.5) is 15.8 Å². The van der Waals surface area contributed by atoms with Crippen molar-refractivity contribution in [2.45, 2.75) is 6.54 Å². The summed E-state index contributed by atoms with van der Waals surface area (Å²) >= 11 is 2.92. The molecule has 5 nitrogen and oxygen atoms in total. The van der Waals surface area contributed by atoms with E-state index in [4.69, 9.17) is 5.26 Å². The number of nitrogens with one attached hydrogen (secondary N) is 1. The highest BCUT2D eigenvalue weighted by Gasteiger charge is 2.17. The van der Waals surface area contributed by atoms with Crippen molar-refractivity contribution < 1.29 is 9.31 Å². The molecule has 0 radical (unpaired) electrons. The van der Waals surface area contributed by atoms with E-state index < -0.39 is 10.7 Å². The summed E-state index contributed by atoms with van der Waals surface area (Å²) in [7, 11) is 0. The zero-order valence-electron chi connectivity index (χ0n) is 10.6. The average molecular weight is 350 g/mol. The molecule has 7 heteroatoms. The summed E-state index contributed by atoms with van der Waals surface area (Å²) in [4.78, 5) is 10.4. The lowest BCUT2D eigenvalue weighted by molar-refractivity contribution is -0.384. The average Bonchev–Trinajstić information content (AvgIpc) is 2.48. The largest absolute Gasteiger partial charge is 0.375 e. The highest BCUT2D eigenvalue weighted by molar-refractivity contribution is 9.10. The minimum Gasteiger partial charge on any atom is -0.375 e. The lowest BCUT2D eigenvalue weighted by Crippen LogP contribution is -2.03. The Morgan fingerprint density at radius 3 is 2.81 bits per heavy atom. The van der Waals surface area contributed by atoms with Gasteiger partial charge in [0.15, 0.2) is 0 Å². The summed E-state index contributed by atoms with van der Waals surface area (Å²) < 4.78 is 13.5. The summed E-state index contributed by atoms with van der Waals surface area (Å²) in [6.45, 7) is 0.247. The highest BCUT2D eigenvalue weighted by atomic mass is 79.9. The second-order valence-electron chi connectivity index (χ2n) is 4.21. The number of nitro benzene ring substituents is 1. The predicted octanol–water partition coefficient (Wildman–Crippen LogP) is 3.98. The molecule has 21 heavy (non-hydrogen) atoms. The topological polar surface area (TPSA) is 79.0 Å². The number of nitrogens with zero attached hydrogens (tertiary/aromatic N) is 2. The molecule has 0 bridgehead atoms. The first-order valence-electron chi connectivity index (χ1n) is 5.87. The van der Waals surface area contributed by atoms with Crippen molar-refractivity contribution in [3.63, 3.8) is 0 Å². The lowest BCUT2D eigenvalue weighted by Gasteiger charge is -2.08. The predicted molar refractivity (Wildman–Crippen MR) is 79.2 cm³/mol. The molecule has 2 aromatic carbocycles. The third-order valence-electron chi connectivity index (χ3n) is 2.77. The molecule has 0 fully saturated rings. The van der Waals surface area contributed by atoms with Gasteiger partial charge in [0.2, 0.25) is 0 Å². The van der Waals surface area contributed by atoms with Crippen LogP contribution < -0.4 is 5.32 Å². The van der Waals surface area contributed by atoms with Gasteiger partial charge in [0, 0.05) is 18.7 Å². The van der Waals surface area contributed by atoms with Crippen LogP contribution in [-0.2, 0) is 6.54 Å². The maximum absolute atomic E-state index is 13.5. The maximum atomic E-state index is 13.5. The Labute approximate surface area is 128 Å². The van der Waals surface area contributed by atoms with E-state index in [1.807, 2.05) is 6.07 Å². The Morgan fingerprint density at radius 2 is 2.14 bits per heavy atom. The van der Waals surface area contributed by atoms with E-state index in [0.29, 0.717) is 5.56 Å². The Balaban J connectivity index is 2.25. The second kappa shape index (κ2) is 6.33. The van der Waals surface area contributed by atoms with E-state index in [1.54, 1.807) is 24.3 Å². The minimum absolute atomic E-state index is 0.0335. The molecule has 0 aromatic heterocycles. The van der Waals surface area contributed by atoms with Crippen molar-refractivity contribution in [2.24, 2.45) is 0 Å². The molecular formula is C14H9BrFN3O2. The molecule has 0 unspecified atom stereocenters. The van der Waals surface area contributed by atoms with Gasteiger partial charge in [-0.3, -0.25) is 10.1 Å². The fraction of sp³-hybridized carbons (Fsp3) is 0.0714. The molecule has 0 saturated heterocycles. The first-order chi connectivity index (χ1) is 10.0. The monoisotopic (exact) mass is 349 g/mol. The molecule has 1 N–H and O–H groups in total. The molecule has 2 rings (SSSR count). The molecule has 0 atom stereocenters. The first kappa shape index (κ1) is 14.9. The van der Waals surface area contributed by atoms with Gasteiger partial charge in [-0.1, -0.05) is 12.1 Å². The molecule has 0 aliphatic rings. The van der Waals surface area contributed by atoms with Crippen LogP contribution in [0.2, 0.25) is 0 Å². The molecule has 0 saturated carbocycles. The summed E-state index contributed by atoms with van der Waals surface area (Å²) in [6, 6.07) is 11.0. The molecule has 0 amide bonds. The zero-order valence-corrected chi connectivity index (χ0v) is 12.2. The number of anilines is 1. The standard InChI is InChI=1S/C14H9BrFN3O2/c15-11-5-14(19(20)21)13(6-12(11)16)18-8-10-3-1-2-9(4-10)7-17/h1-6,18H,8H2. The van der Waals surface area contributed by atoms with E-state index in [9.17, 15) is 14.5 Å². The number of rotatable bonds is 4. The van der Waals surface area contributed by atoms with Gasteiger partial charge in [0.25, 0.3) is 5.69 Å². The van der Waals surface area contributed by atoms with Crippen LogP contribution in [0.25, 0.3) is 0 Å². The SMILES string of the molecule is N#Cc1cccc(CNc2cc(F)c(Br)cc2[N+](=O)[O-])c1. The van der Waals surface area contributed by atoms with Crippen LogP contribution >= 0.6 is 15.9 Å². The van der Waals surface area contributed by atoms with Crippen LogP contribution in [0.15, 0.2) is 40.9 Å². The summed E-state index contributed by atoms with van der Waals surface area (Å²) in [6.07, 6.45) is 0. The lowest BCUT2D eigenvalue weighted by atomic mass is 10.1. The van der Waals surface area contributed by atoms with Crippen LogP contribution in [-0.4, -0.2) is 4.92 Å². The molecule has 2 aromatic rings. The second-order valence-corrected chi connectivity index (χ2v) is 5.06. The van der Waals surface area contributed by atoms with Gasteiger partial charge >= 0.3 is 0 Å². The Bertz CT molecular complexity index is 743. The summed E-state index contributed by atoms with van der Waals surface area (Å²) in [5, 5.41) is 22.6. The van der Waals surface area contributed by atoms with Crippen molar-refractivity contribution in [1.82, 2.24) is 0 Å². The maximum Gasteiger partial charge on any atom is 0.293 e. The molecule has 0 spiro atoms. The van der Waals surface area contributed by atoms with Gasteiger partial charge in [-0.15, -0.1) is 0 Å². The van der Waals surface area contributed by atoms with Crippen LogP contribution in [0.3, 0.4) is 0 Å².